The van der Waals surface area contributed by atoms with Crippen molar-refractivity contribution >= 4 is 107 Å². The topological polar surface area (TPSA) is 735 Å². The van der Waals surface area contributed by atoms with Gasteiger partial charge in [-0.15, -0.1) is 0 Å². The summed E-state index contributed by atoms with van der Waals surface area (Å²) in [7, 11) is -5.21. The molecule has 6 fully saturated rings. The lowest BCUT2D eigenvalue weighted by Gasteiger charge is -2.29. The van der Waals surface area contributed by atoms with E-state index < -0.39 is 263 Å². The number of nitrogens with two attached hydrogens (primary N) is 4. The zero-order chi connectivity index (χ0) is 104. The summed E-state index contributed by atoms with van der Waals surface area (Å²) < 4.78 is 237. The fraction of sp³-hybridized carbons (Fsp3) is 0.662. The van der Waals surface area contributed by atoms with Gasteiger partial charge in [0.05, 0.1) is 123 Å². The van der Waals surface area contributed by atoms with E-state index in [0.717, 1.165) is 30.7 Å². The van der Waals surface area contributed by atoms with Crippen LogP contribution in [-0.4, -0.2) is 316 Å². The zero-order valence-corrected chi connectivity index (χ0v) is 85.7. The number of rotatable bonds is 52. The number of methoxy groups -OCH3 is 5. The van der Waals surface area contributed by atoms with Crippen LogP contribution in [0.3, 0.4) is 0 Å². The number of ether oxygens (including phenoxy) is 16. The maximum Gasteiger partial charge on any atom is 0.472 e. The number of aliphatic hydroxyl groups excluding tert-OH is 1. The number of nitrogen functional groups attached to an aromatic ring is 4. The highest BCUT2D eigenvalue weighted by Crippen LogP contribution is 2.62. The number of aryl methyl sites for hydroxylation is 5. The Morgan fingerprint density at radius 1 is 0.406 bits per heavy atom. The van der Waals surface area contributed by atoms with Crippen molar-refractivity contribution in [1.29, 1.82) is 0 Å². The number of aromatic amines is 2. The number of nitrogens with zero attached hydrogens (tertiary/aromatic N) is 11. The average Bonchev–Trinajstić information content (AvgIpc) is 1.59. The quantitative estimate of drug-likeness (QED) is 0.0145. The van der Waals surface area contributed by atoms with Crippen molar-refractivity contribution in [3.05, 3.63) is 151 Å². The van der Waals surface area contributed by atoms with Crippen LogP contribution in [0, 0.1) is 34.6 Å². The number of hydrogen-bond donors (Lipinski definition) is 12. The number of aliphatic hydroxyl groups is 1. The van der Waals surface area contributed by atoms with E-state index >= 15 is 18.3 Å². The highest BCUT2D eigenvalue weighted by molar-refractivity contribution is 8.45. The first-order valence-corrected chi connectivity index (χ1v) is 55.1. The Balaban J connectivity index is 0.793. The van der Waals surface area contributed by atoms with Crippen molar-refractivity contribution in [1.82, 2.24) is 62.3 Å². The number of anilines is 4. The summed E-state index contributed by atoms with van der Waals surface area (Å²) in [6.45, 7) is -13.5. The number of fused-ring (bicyclic) bond motifs is 1. The van der Waals surface area contributed by atoms with Crippen LogP contribution in [0.4, 0.5) is 23.1 Å². The van der Waals surface area contributed by atoms with Gasteiger partial charge in [0, 0.05) is 107 Å². The molecule has 0 radical (unpaired) electrons. The van der Waals surface area contributed by atoms with E-state index in [1.807, 2.05) is 0 Å². The first kappa shape index (κ1) is 113. The number of H-pyrrole nitrogens is 2. The van der Waals surface area contributed by atoms with Gasteiger partial charge in [-0.25, -0.2) is 56.8 Å². The molecule has 7 aromatic heterocycles. The van der Waals surface area contributed by atoms with E-state index in [1.165, 1.54) is 110 Å². The van der Waals surface area contributed by atoms with Crippen LogP contribution >= 0.6 is 72.8 Å². The molecular weight excluding hydrogens is 2070 g/mol. The molecule has 6 aliphatic heterocycles. The fourth-order valence-electron chi connectivity index (χ4n) is 16.2. The van der Waals surface area contributed by atoms with Crippen LogP contribution in [0.2, 0.25) is 0 Å². The van der Waals surface area contributed by atoms with Crippen LogP contribution < -0.4 is 62.5 Å². The van der Waals surface area contributed by atoms with Crippen molar-refractivity contribution in [2.75, 3.05) is 158 Å². The van der Waals surface area contributed by atoms with E-state index in [-0.39, 0.29) is 117 Å². The number of aromatic nitrogens is 13. The van der Waals surface area contributed by atoms with Gasteiger partial charge in [-0.1, -0.05) is 43.7 Å². The van der Waals surface area contributed by atoms with Gasteiger partial charge in [0.1, 0.15) is 121 Å². The second-order valence-electron chi connectivity index (χ2n) is 33.2. The molecule has 6 saturated heterocycles. The van der Waals surface area contributed by atoms with E-state index in [2.05, 4.69) is 71.6 Å². The number of pyridine rings is 1. The number of nitrogens with one attached hydrogen (secondary N) is 2. The van der Waals surface area contributed by atoms with Crippen molar-refractivity contribution in [3.63, 3.8) is 0 Å². The lowest BCUT2D eigenvalue weighted by atomic mass is 10.1. The number of phosphoric ester groups is 2. The summed E-state index contributed by atoms with van der Waals surface area (Å²) in [6, 6.07) is 1.53. The van der Waals surface area contributed by atoms with E-state index in [0.29, 0.717) is 11.1 Å². The summed E-state index contributed by atoms with van der Waals surface area (Å²) in [5.41, 5.74) is 18.9. The SMILES string of the molecule is CC[C@H]1O[C@@H](n2cc(C)c(N)nc2=O)CC1OP(=O)(S)OC[C@H]1O[C@@H](n2cc(C)c(N)nc2=O)[C@@H](OCCOC)C1OP(=O)(O)OC[C@H]1O[C@@H](n2cc(C)c(=O)[nH]c2=O)[C@@H](OCCOC)C1OP(=O)(O)OC[C@H]1O[C@@H](n2cc(C)c(=O)[nH]c2=O)[C@@H](OCCOC)C1OP(=O)(S)OC[C@H]1O[C@@H](n2cc(C)c(N)nc2=O)[C@@H](OCCOC)C1OP(=O)(S)OC[C@H]1O[C@@H](n2cnc3c(N)ccnc32)[C@@H](OCCOC)C1O. The van der Waals surface area contributed by atoms with Gasteiger partial charge >= 0.3 is 64.5 Å². The largest absolute Gasteiger partial charge is 0.472 e. The van der Waals surface area contributed by atoms with Gasteiger partial charge in [0.15, 0.2) is 36.8 Å². The predicted molar refractivity (Wildman–Crippen MR) is 503 cm³/mol. The van der Waals surface area contributed by atoms with Gasteiger partial charge in [-0.05, 0) is 47.1 Å². The Morgan fingerprint density at radius 2 is 0.734 bits per heavy atom. The molecule has 6 aliphatic rings. The molecule has 0 aliphatic carbocycles. The second kappa shape index (κ2) is 49.1. The van der Waals surface area contributed by atoms with Gasteiger partial charge in [0.25, 0.3) is 11.1 Å². The normalized spacial score (nSPS) is 29.4. The third-order valence-electron chi connectivity index (χ3n) is 23.3. The first-order valence-electron chi connectivity index (χ1n) is 44.0. The summed E-state index contributed by atoms with van der Waals surface area (Å²) in [6.07, 6.45) is -29.0. The minimum atomic E-state index is -5.99. The summed E-state index contributed by atoms with van der Waals surface area (Å²) in [5, 5.41) is 11.9. The maximum atomic E-state index is 15.6. The summed E-state index contributed by atoms with van der Waals surface area (Å²) in [5.74, 6) is -0.405. The molecule has 13 N–H and O–H groups in total. The number of imidazole rings is 1. The fourth-order valence-corrected chi connectivity index (χ4v) is 22.6. The third-order valence-corrected chi connectivity index (χ3v) is 30.2. The molecular formula is C77H114N17O41P5S3. The van der Waals surface area contributed by atoms with Gasteiger partial charge in [0.2, 0.25) is 0 Å². The predicted octanol–water partition coefficient (Wildman–Crippen LogP) is 1.20. The number of phosphoric acid groups is 2. The number of thiol groups is 3. The molecule has 0 saturated carbocycles. The molecule has 28 atom stereocenters. The Kier molecular flexibility index (Phi) is 38.8. The summed E-state index contributed by atoms with van der Waals surface area (Å²) >= 11 is 13.1. The lowest BCUT2D eigenvalue weighted by Crippen LogP contribution is -2.42. The van der Waals surface area contributed by atoms with E-state index in [4.69, 9.17) is 144 Å². The van der Waals surface area contributed by atoms with Crippen molar-refractivity contribution < 1.29 is 159 Å². The molecule has 0 bridgehead atoms. The molecule has 0 amide bonds. The molecule has 66 heteroatoms. The Bertz CT molecular complexity index is 6290. The zero-order valence-electron chi connectivity index (χ0n) is 78.6. The highest BCUT2D eigenvalue weighted by atomic mass is 32.7. The minimum Gasteiger partial charge on any atom is -0.397 e. The number of hydrogen-bond acceptors (Lipinski definition) is 48. The molecule has 143 heavy (non-hydrogen) atoms. The highest BCUT2D eigenvalue weighted by Gasteiger charge is 2.59. The Morgan fingerprint density at radius 3 is 1.13 bits per heavy atom. The van der Waals surface area contributed by atoms with E-state index in [1.54, 1.807) is 13.8 Å². The smallest absolute Gasteiger partial charge is 0.397 e. The Hall–Kier alpha value is -7.14. The molecule has 0 spiro atoms. The molecule has 11 unspecified atom stereocenters. The Labute approximate surface area is 827 Å². The molecule has 796 valence electrons. The maximum absolute atomic E-state index is 15.6. The van der Waals surface area contributed by atoms with Gasteiger partial charge in [-0.2, -0.15) is 15.0 Å². The van der Waals surface area contributed by atoms with Crippen molar-refractivity contribution in [2.24, 2.45) is 0 Å². The van der Waals surface area contributed by atoms with Crippen LogP contribution in [0.15, 0.2) is 83.1 Å². The third kappa shape index (κ3) is 27.6. The minimum absolute atomic E-state index is 0.0210. The van der Waals surface area contributed by atoms with Crippen LogP contribution in [0.25, 0.3) is 11.2 Å². The van der Waals surface area contributed by atoms with Crippen LogP contribution in [-0.2, 0) is 144 Å². The lowest BCUT2D eigenvalue weighted by molar-refractivity contribution is -0.0853. The second-order valence-corrected chi connectivity index (χ2v) is 44.6. The van der Waals surface area contributed by atoms with Crippen molar-refractivity contribution in [3.8, 4) is 0 Å². The monoisotopic (exact) mass is 2180 g/mol. The van der Waals surface area contributed by atoms with Gasteiger partial charge < -0.3 is 114 Å². The van der Waals surface area contributed by atoms with Crippen molar-refractivity contribution in [2.45, 2.75) is 196 Å². The van der Waals surface area contributed by atoms with Crippen LogP contribution in [0.5, 0.6) is 0 Å². The summed E-state index contributed by atoms with van der Waals surface area (Å²) in [4.78, 5) is 144. The van der Waals surface area contributed by atoms with E-state index in [9.17, 15) is 53.0 Å². The molecule has 58 nitrogen and oxygen atoms in total. The molecule has 0 aromatic carbocycles. The standard InChI is InChI=1S/C77H114N17O41P5S3/c1-12-43-44(25-50(125-43)89-26-37(2)62(79)84-73(89)98)131-138(107,141)123-34-48-54(59(117-22-17-112-9)69(129-48)90-27-38(3)63(80)85-74(90)99)133-136(103,104)120-32-46-53(58(116-21-16-111-8)70(127-46)92-29-40(5)66(96)87-76(92)101)132-137(105,106)121-33-47-55(60(118-23-18-113-10)72(128-47)93-30-41(6)67(97)88-77(93)102)134-140(109,143)124-35-49-56(61(119-24-19-114-11)71(130-49)91-28-39(4)64(81)86-75(91)100)135-139(108,142)122-31-45-52(95)57(115-20-15-110-7)68(126-45)94-36-83-51-42(78)13-14-82-65(51)94/h13-14,26-30,36,43-50,52-61,68-72,95H,12,15-25,31-35H2,1-11H3,(H2,78,82)(H,103,104)(H,105,106)(H,107,141)(H,108,142)(H,109,143)(H2,79,84,98)(H2,80,85,99)(H2,81,86,100)(H,87,96,101)(H,88,97,102)/t43-,44?,45-,46-,47-,48-,49-,50-,52?,53?,54?,55?,56?,57+,58+,59+,60+,61+,68-,69-,70-,71-,72-,138?,139?,140?/m1/s1. The first-order chi connectivity index (χ1) is 67.8. The van der Waals surface area contributed by atoms with Gasteiger partial charge in [-0.3, -0.25) is 92.2 Å². The van der Waals surface area contributed by atoms with Crippen LogP contribution in [0.1, 0.15) is 85.0 Å². The molecule has 7 aromatic rings. The average molecular weight is 2180 g/mol. The molecule has 13 rings (SSSR count). The molecule has 13 heterocycles.